The number of carbonyl (C=O) groups is 3. The lowest BCUT2D eigenvalue weighted by Crippen LogP contribution is -2.52. The highest BCUT2D eigenvalue weighted by Crippen LogP contribution is 2.30. The van der Waals surface area contributed by atoms with E-state index in [0.717, 1.165) is 4.88 Å². The fourth-order valence-corrected chi connectivity index (χ4v) is 4.67. The molecule has 2 aromatic rings. The number of nitrogens with zero attached hydrogens (tertiary/aromatic N) is 4. The molecule has 1 aliphatic rings. The maximum absolute atomic E-state index is 13.3. The van der Waals surface area contributed by atoms with Gasteiger partial charge in [-0.3, -0.25) is 9.69 Å². The van der Waals surface area contributed by atoms with Crippen LogP contribution in [0.5, 0.6) is 0 Å². The van der Waals surface area contributed by atoms with Gasteiger partial charge in [-0.1, -0.05) is 57.7 Å². The van der Waals surface area contributed by atoms with E-state index in [4.69, 9.17) is 21.1 Å². The van der Waals surface area contributed by atoms with Gasteiger partial charge in [0.05, 0.1) is 29.2 Å². The Labute approximate surface area is 225 Å². The quantitative estimate of drug-likeness (QED) is 0.451. The van der Waals surface area contributed by atoms with Crippen molar-refractivity contribution in [2.75, 3.05) is 38.2 Å². The molecular formula is C25H32ClN5O5S. The lowest BCUT2D eigenvalue weighted by molar-refractivity contribution is 0.0410. The molecular weight excluding hydrogens is 518 g/mol. The number of anilines is 1. The van der Waals surface area contributed by atoms with Crippen molar-refractivity contribution < 1.29 is 23.9 Å². The van der Waals surface area contributed by atoms with Crippen LogP contribution in [0.3, 0.4) is 0 Å². The molecule has 10 nitrogen and oxygen atoms in total. The summed E-state index contributed by atoms with van der Waals surface area (Å²) in [5.41, 5.74) is -0.289. The number of rotatable bonds is 8. The SMILES string of the molecule is C=CCOC(=O)N1CCN(C(=O)OCC=C)C(c2cc(NCc3ccc(Cl)s3)n(C(=O)C(C)(C)C)n2)C1. The van der Waals surface area contributed by atoms with E-state index in [9.17, 15) is 14.4 Å². The molecule has 0 aliphatic carbocycles. The van der Waals surface area contributed by atoms with Crippen LogP contribution in [-0.4, -0.2) is 70.5 Å². The fourth-order valence-electron chi connectivity index (χ4n) is 3.64. The second-order valence-electron chi connectivity index (χ2n) is 9.37. The molecule has 1 N–H and O–H groups in total. The summed E-state index contributed by atoms with van der Waals surface area (Å²) in [7, 11) is 0. The summed E-state index contributed by atoms with van der Waals surface area (Å²) in [6.07, 6.45) is 1.87. The minimum atomic E-state index is -0.721. The van der Waals surface area contributed by atoms with Crippen LogP contribution in [0.1, 0.15) is 42.2 Å². The molecule has 0 spiro atoms. The van der Waals surface area contributed by atoms with Crippen LogP contribution in [0, 0.1) is 5.41 Å². The third kappa shape index (κ3) is 7.14. The normalized spacial score (nSPS) is 15.7. The molecule has 1 saturated heterocycles. The highest BCUT2D eigenvalue weighted by Gasteiger charge is 2.38. The van der Waals surface area contributed by atoms with Crippen LogP contribution in [-0.2, 0) is 16.0 Å². The number of aromatic nitrogens is 2. The summed E-state index contributed by atoms with van der Waals surface area (Å²) in [4.78, 5) is 42.7. The number of ether oxygens (including phenoxy) is 2. The van der Waals surface area contributed by atoms with Gasteiger partial charge >= 0.3 is 12.2 Å². The third-order valence-corrected chi connectivity index (χ3v) is 6.73. The summed E-state index contributed by atoms with van der Waals surface area (Å²) in [6, 6.07) is 4.75. The summed E-state index contributed by atoms with van der Waals surface area (Å²) in [5.74, 6) is 0.231. The lowest BCUT2D eigenvalue weighted by Gasteiger charge is -2.39. The molecule has 37 heavy (non-hydrogen) atoms. The molecule has 1 unspecified atom stereocenters. The van der Waals surface area contributed by atoms with Crippen LogP contribution in [0.15, 0.2) is 43.5 Å². The van der Waals surface area contributed by atoms with Crippen LogP contribution in [0.4, 0.5) is 15.4 Å². The molecule has 3 heterocycles. The highest BCUT2D eigenvalue weighted by atomic mass is 35.5. The van der Waals surface area contributed by atoms with Gasteiger partial charge in [-0.2, -0.15) is 9.78 Å². The molecule has 3 rings (SSSR count). The van der Waals surface area contributed by atoms with Gasteiger partial charge in [0.1, 0.15) is 19.0 Å². The number of hydrogen-bond donors (Lipinski definition) is 1. The molecule has 0 saturated carbocycles. The van der Waals surface area contributed by atoms with Crippen molar-refractivity contribution in [3.63, 3.8) is 0 Å². The van der Waals surface area contributed by atoms with E-state index in [-0.39, 0.29) is 38.8 Å². The zero-order valence-corrected chi connectivity index (χ0v) is 22.8. The van der Waals surface area contributed by atoms with Crippen molar-refractivity contribution in [1.29, 1.82) is 0 Å². The van der Waals surface area contributed by atoms with Crippen LogP contribution < -0.4 is 5.32 Å². The van der Waals surface area contributed by atoms with E-state index in [0.29, 0.717) is 22.4 Å². The first-order chi connectivity index (χ1) is 17.5. The van der Waals surface area contributed by atoms with Gasteiger partial charge in [0.15, 0.2) is 0 Å². The topological polar surface area (TPSA) is 106 Å². The van der Waals surface area contributed by atoms with E-state index >= 15 is 0 Å². The Kier molecular flexibility index (Phi) is 9.39. The summed E-state index contributed by atoms with van der Waals surface area (Å²) in [6.45, 7) is 13.6. The first-order valence-electron chi connectivity index (χ1n) is 11.7. The van der Waals surface area contributed by atoms with Gasteiger partial charge in [0.25, 0.3) is 5.91 Å². The zero-order valence-electron chi connectivity index (χ0n) is 21.2. The van der Waals surface area contributed by atoms with Crippen molar-refractivity contribution in [2.24, 2.45) is 5.41 Å². The van der Waals surface area contributed by atoms with Gasteiger partial charge in [0, 0.05) is 29.4 Å². The molecule has 200 valence electrons. The molecule has 1 aliphatic heterocycles. The van der Waals surface area contributed by atoms with Crippen molar-refractivity contribution in [3.8, 4) is 0 Å². The maximum atomic E-state index is 13.3. The molecule has 12 heteroatoms. The number of halogens is 1. The minimum Gasteiger partial charge on any atom is -0.445 e. The predicted octanol–water partition coefficient (Wildman–Crippen LogP) is 5.20. The standard InChI is InChI=1S/C25H32ClN5O5S/c1-6-12-35-23(33)29-10-11-30(24(34)36-13-7-2)19(16-29)18-14-21(27-15-17-8-9-20(26)37-17)31(28-18)22(32)25(3,4)5/h6-9,14,19,27H,1-2,10-13,15-16H2,3-5H3. The number of carbonyl (C=O) groups excluding carboxylic acids is 3. The zero-order chi connectivity index (χ0) is 27.2. The highest BCUT2D eigenvalue weighted by molar-refractivity contribution is 7.16. The Morgan fingerprint density at radius 3 is 2.43 bits per heavy atom. The van der Waals surface area contributed by atoms with Crippen molar-refractivity contribution >= 4 is 46.8 Å². The summed E-state index contributed by atoms with van der Waals surface area (Å²) >= 11 is 7.49. The third-order valence-electron chi connectivity index (χ3n) is 5.50. The predicted molar refractivity (Wildman–Crippen MR) is 143 cm³/mol. The van der Waals surface area contributed by atoms with Crippen molar-refractivity contribution in [1.82, 2.24) is 19.6 Å². The Balaban J connectivity index is 1.96. The van der Waals surface area contributed by atoms with Crippen LogP contribution in [0.25, 0.3) is 0 Å². The Hall–Kier alpha value is -3.31. The van der Waals surface area contributed by atoms with Gasteiger partial charge in [-0.25, -0.2) is 9.59 Å². The largest absolute Gasteiger partial charge is 0.445 e. The fraction of sp³-hybridized carbons (Fsp3) is 0.440. The van der Waals surface area contributed by atoms with E-state index in [1.807, 2.05) is 6.07 Å². The Morgan fingerprint density at radius 1 is 1.16 bits per heavy atom. The first kappa shape index (κ1) is 28.3. The molecule has 0 radical (unpaired) electrons. The van der Waals surface area contributed by atoms with Gasteiger partial charge in [0.2, 0.25) is 0 Å². The van der Waals surface area contributed by atoms with Crippen molar-refractivity contribution in [2.45, 2.75) is 33.4 Å². The second kappa shape index (κ2) is 12.3. The average Bonchev–Trinajstić information content (AvgIpc) is 3.48. The van der Waals surface area contributed by atoms with Crippen molar-refractivity contribution in [3.05, 3.63) is 58.4 Å². The van der Waals surface area contributed by atoms with Gasteiger partial charge in [-0.15, -0.1) is 11.3 Å². The van der Waals surface area contributed by atoms with E-state index in [1.165, 1.54) is 38.0 Å². The number of hydrogen-bond acceptors (Lipinski definition) is 8. The maximum Gasteiger partial charge on any atom is 0.410 e. The molecule has 1 atom stereocenters. The lowest BCUT2D eigenvalue weighted by atomic mass is 9.96. The number of piperazine rings is 1. The minimum absolute atomic E-state index is 0.0419. The van der Waals surface area contributed by atoms with Crippen LogP contribution >= 0.6 is 22.9 Å². The van der Waals surface area contributed by atoms with Crippen LogP contribution in [0.2, 0.25) is 4.34 Å². The van der Waals surface area contributed by atoms with E-state index < -0.39 is 23.6 Å². The summed E-state index contributed by atoms with van der Waals surface area (Å²) < 4.78 is 12.5. The monoisotopic (exact) mass is 549 g/mol. The number of thiophene rings is 1. The average molecular weight is 550 g/mol. The second-order valence-corrected chi connectivity index (χ2v) is 11.2. The molecule has 2 amide bonds. The molecule has 0 aromatic carbocycles. The van der Waals surface area contributed by atoms with Gasteiger partial charge in [-0.05, 0) is 12.1 Å². The summed E-state index contributed by atoms with van der Waals surface area (Å²) in [5, 5.41) is 7.87. The molecule has 2 aromatic heterocycles. The van der Waals surface area contributed by atoms with Gasteiger partial charge < -0.3 is 19.7 Å². The first-order valence-corrected chi connectivity index (χ1v) is 12.9. The number of amides is 2. The molecule has 0 bridgehead atoms. The molecule has 1 fully saturated rings. The number of nitrogens with one attached hydrogen (secondary N) is 1. The van der Waals surface area contributed by atoms with E-state index in [1.54, 1.807) is 32.9 Å². The Morgan fingerprint density at radius 2 is 1.84 bits per heavy atom. The smallest absolute Gasteiger partial charge is 0.410 e. The van der Waals surface area contributed by atoms with E-state index in [2.05, 4.69) is 23.6 Å². The Bertz CT molecular complexity index is 1150.